The van der Waals surface area contributed by atoms with Gasteiger partial charge in [0, 0.05) is 11.8 Å². The van der Waals surface area contributed by atoms with E-state index in [9.17, 15) is 4.79 Å². The summed E-state index contributed by atoms with van der Waals surface area (Å²) in [4.78, 5) is 16.4. The van der Waals surface area contributed by atoms with Crippen LogP contribution in [0.4, 0.5) is 0 Å². The van der Waals surface area contributed by atoms with Crippen LogP contribution in [0.1, 0.15) is 33.6 Å². The normalized spacial score (nSPS) is 13.1. The monoisotopic (exact) mass is 252 g/mol. The molecule has 96 valence electrons. The zero-order valence-corrected chi connectivity index (χ0v) is 10.7. The smallest absolute Gasteiger partial charge is 0.251 e. The van der Waals surface area contributed by atoms with Crippen LogP contribution < -0.4 is 5.32 Å². The Kier molecular flexibility index (Phi) is 3.27. The van der Waals surface area contributed by atoms with Gasteiger partial charge in [-0.1, -0.05) is 18.2 Å². The SMILES string of the molecule is O=C(NCc1ccccn1)c1cccc2c1CCC2. The van der Waals surface area contributed by atoms with Gasteiger partial charge in [-0.3, -0.25) is 9.78 Å². The Labute approximate surface area is 112 Å². The van der Waals surface area contributed by atoms with Gasteiger partial charge in [-0.25, -0.2) is 0 Å². The van der Waals surface area contributed by atoms with Crippen LogP contribution in [-0.2, 0) is 19.4 Å². The lowest BCUT2D eigenvalue weighted by atomic mass is 10.0. The minimum atomic E-state index is 0.00408. The highest BCUT2D eigenvalue weighted by Crippen LogP contribution is 2.25. The first-order valence-electron chi connectivity index (χ1n) is 6.63. The number of benzene rings is 1. The lowest BCUT2D eigenvalue weighted by Gasteiger charge is -2.09. The van der Waals surface area contributed by atoms with Gasteiger partial charge in [-0.05, 0) is 48.6 Å². The highest BCUT2D eigenvalue weighted by atomic mass is 16.1. The highest BCUT2D eigenvalue weighted by molar-refractivity contribution is 5.96. The Bertz CT molecular complexity index is 593. The zero-order chi connectivity index (χ0) is 13.1. The maximum absolute atomic E-state index is 12.2. The zero-order valence-electron chi connectivity index (χ0n) is 10.7. The van der Waals surface area contributed by atoms with E-state index < -0.39 is 0 Å². The molecule has 3 nitrogen and oxygen atoms in total. The number of rotatable bonds is 3. The number of pyridine rings is 1. The lowest BCUT2D eigenvalue weighted by Crippen LogP contribution is -2.24. The minimum Gasteiger partial charge on any atom is -0.346 e. The van der Waals surface area contributed by atoms with E-state index in [0.29, 0.717) is 6.54 Å². The number of hydrogen-bond donors (Lipinski definition) is 1. The van der Waals surface area contributed by atoms with Gasteiger partial charge in [0.15, 0.2) is 0 Å². The van der Waals surface area contributed by atoms with Crippen LogP contribution in [0.3, 0.4) is 0 Å². The van der Waals surface area contributed by atoms with Gasteiger partial charge in [0.25, 0.3) is 5.91 Å². The summed E-state index contributed by atoms with van der Waals surface area (Å²) in [5.74, 6) is 0.00408. The molecule has 0 fully saturated rings. The number of nitrogens with one attached hydrogen (secondary N) is 1. The summed E-state index contributed by atoms with van der Waals surface area (Å²) < 4.78 is 0. The largest absolute Gasteiger partial charge is 0.346 e. The average Bonchev–Trinajstić information content (AvgIpc) is 2.94. The van der Waals surface area contributed by atoms with E-state index in [2.05, 4.69) is 16.4 Å². The summed E-state index contributed by atoms with van der Waals surface area (Å²) in [6, 6.07) is 11.7. The summed E-state index contributed by atoms with van der Waals surface area (Å²) in [7, 11) is 0. The fourth-order valence-corrected chi connectivity index (χ4v) is 2.60. The summed E-state index contributed by atoms with van der Waals surface area (Å²) in [6.07, 6.45) is 5.00. The van der Waals surface area contributed by atoms with Gasteiger partial charge < -0.3 is 5.32 Å². The lowest BCUT2D eigenvalue weighted by molar-refractivity contribution is 0.0949. The number of carbonyl (C=O) groups is 1. The predicted molar refractivity (Wildman–Crippen MR) is 73.9 cm³/mol. The van der Waals surface area contributed by atoms with E-state index in [0.717, 1.165) is 30.5 Å². The molecule has 19 heavy (non-hydrogen) atoms. The highest BCUT2D eigenvalue weighted by Gasteiger charge is 2.18. The van der Waals surface area contributed by atoms with Crippen molar-refractivity contribution in [1.29, 1.82) is 0 Å². The van der Waals surface area contributed by atoms with E-state index in [-0.39, 0.29) is 5.91 Å². The molecule has 0 spiro atoms. The minimum absolute atomic E-state index is 0.00408. The Morgan fingerprint density at radius 2 is 2.11 bits per heavy atom. The number of carbonyl (C=O) groups excluding carboxylic acids is 1. The van der Waals surface area contributed by atoms with Crippen LogP contribution in [-0.4, -0.2) is 10.9 Å². The van der Waals surface area contributed by atoms with E-state index in [4.69, 9.17) is 0 Å². The molecule has 1 aliphatic carbocycles. The second-order valence-corrected chi connectivity index (χ2v) is 4.80. The van der Waals surface area contributed by atoms with Crippen LogP contribution >= 0.6 is 0 Å². The maximum Gasteiger partial charge on any atom is 0.251 e. The number of amides is 1. The average molecular weight is 252 g/mol. The quantitative estimate of drug-likeness (QED) is 0.912. The van der Waals surface area contributed by atoms with Crippen LogP contribution in [0.25, 0.3) is 0 Å². The molecule has 1 aromatic carbocycles. The van der Waals surface area contributed by atoms with Crippen LogP contribution in [0.2, 0.25) is 0 Å². The molecule has 2 aromatic rings. The molecule has 0 radical (unpaired) electrons. The number of fused-ring (bicyclic) bond motifs is 1. The maximum atomic E-state index is 12.2. The first-order valence-corrected chi connectivity index (χ1v) is 6.63. The fourth-order valence-electron chi connectivity index (χ4n) is 2.60. The Hall–Kier alpha value is -2.16. The second-order valence-electron chi connectivity index (χ2n) is 4.80. The van der Waals surface area contributed by atoms with Gasteiger partial charge in [-0.15, -0.1) is 0 Å². The van der Waals surface area contributed by atoms with Crippen molar-refractivity contribution >= 4 is 5.91 Å². The van der Waals surface area contributed by atoms with E-state index in [1.54, 1.807) is 6.20 Å². The van der Waals surface area contributed by atoms with Crippen molar-refractivity contribution in [2.45, 2.75) is 25.8 Å². The standard InChI is InChI=1S/C16H16N2O/c19-16(18-11-13-7-1-2-10-17-13)15-9-4-6-12-5-3-8-14(12)15/h1-2,4,6-7,9-10H,3,5,8,11H2,(H,18,19). The topological polar surface area (TPSA) is 42.0 Å². The first-order chi connectivity index (χ1) is 9.34. The third-order valence-corrected chi connectivity index (χ3v) is 3.55. The van der Waals surface area contributed by atoms with Crippen LogP contribution in [0, 0.1) is 0 Å². The van der Waals surface area contributed by atoms with Crippen molar-refractivity contribution < 1.29 is 4.79 Å². The van der Waals surface area contributed by atoms with Gasteiger partial charge in [0.2, 0.25) is 0 Å². The van der Waals surface area contributed by atoms with Crippen molar-refractivity contribution in [3.63, 3.8) is 0 Å². The molecule has 1 heterocycles. The molecule has 1 N–H and O–H groups in total. The number of aromatic nitrogens is 1. The summed E-state index contributed by atoms with van der Waals surface area (Å²) in [5.41, 5.74) is 4.25. The molecule has 0 saturated carbocycles. The molecular weight excluding hydrogens is 236 g/mol. The summed E-state index contributed by atoms with van der Waals surface area (Å²) >= 11 is 0. The molecule has 0 saturated heterocycles. The molecular formula is C16H16N2O. The Balaban J connectivity index is 1.73. The molecule has 0 atom stereocenters. The second kappa shape index (κ2) is 5.22. The molecule has 0 unspecified atom stereocenters. The Morgan fingerprint density at radius 3 is 2.95 bits per heavy atom. The summed E-state index contributed by atoms with van der Waals surface area (Å²) in [5, 5.41) is 2.94. The van der Waals surface area contributed by atoms with E-state index >= 15 is 0 Å². The van der Waals surface area contributed by atoms with Gasteiger partial charge in [0.1, 0.15) is 0 Å². The molecule has 1 aliphatic rings. The van der Waals surface area contributed by atoms with Crippen molar-refractivity contribution in [2.24, 2.45) is 0 Å². The summed E-state index contributed by atoms with van der Waals surface area (Å²) in [6.45, 7) is 0.476. The first kappa shape index (κ1) is 11.9. The van der Waals surface area contributed by atoms with Crippen molar-refractivity contribution in [2.75, 3.05) is 0 Å². The number of nitrogens with zero attached hydrogens (tertiary/aromatic N) is 1. The van der Waals surface area contributed by atoms with Crippen molar-refractivity contribution in [1.82, 2.24) is 10.3 Å². The predicted octanol–water partition coefficient (Wildman–Crippen LogP) is 2.50. The molecule has 3 heteroatoms. The Morgan fingerprint density at radius 1 is 1.16 bits per heavy atom. The van der Waals surface area contributed by atoms with Crippen LogP contribution in [0.5, 0.6) is 0 Å². The molecule has 1 aromatic heterocycles. The third kappa shape index (κ3) is 2.50. The molecule has 3 rings (SSSR count). The molecule has 0 aliphatic heterocycles. The van der Waals surface area contributed by atoms with E-state index in [1.165, 1.54) is 11.1 Å². The van der Waals surface area contributed by atoms with Gasteiger partial charge in [0.05, 0.1) is 12.2 Å². The van der Waals surface area contributed by atoms with Crippen LogP contribution in [0.15, 0.2) is 42.6 Å². The van der Waals surface area contributed by atoms with E-state index in [1.807, 2.05) is 30.3 Å². The number of hydrogen-bond acceptors (Lipinski definition) is 2. The molecule has 0 bridgehead atoms. The number of aryl methyl sites for hydroxylation is 1. The molecule has 1 amide bonds. The van der Waals surface area contributed by atoms with Crippen molar-refractivity contribution in [3.8, 4) is 0 Å². The van der Waals surface area contributed by atoms with Gasteiger partial charge in [-0.2, -0.15) is 0 Å². The van der Waals surface area contributed by atoms with Gasteiger partial charge >= 0.3 is 0 Å². The fraction of sp³-hybridized carbons (Fsp3) is 0.250. The van der Waals surface area contributed by atoms with Crippen molar-refractivity contribution in [3.05, 3.63) is 65.0 Å². The third-order valence-electron chi connectivity index (χ3n) is 3.55.